The molecule has 3 rings (SSSR count). The molecule has 19 heavy (non-hydrogen) atoms. The molecule has 0 amide bonds. The molecule has 0 radical (unpaired) electrons. The minimum absolute atomic E-state index is 0.397. The van der Waals surface area contributed by atoms with Gasteiger partial charge in [0, 0.05) is 25.6 Å². The second kappa shape index (κ2) is 5.95. The van der Waals surface area contributed by atoms with Gasteiger partial charge in [0.15, 0.2) is 6.33 Å². The molecule has 0 saturated heterocycles. The Morgan fingerprint density at radius 3 is 3.21 bits per heavy atom. The minimum atomic E-state index is 0.397. The molecule has 1 aromatic carbocycles. The molecule has 2 N–H and O–H groups in total. The van der Waals surface area contributed by atoms with Crippen LogP contribution in [0.25, 0.3) is 0 Å². The van der Waals surface area contributed by atoms with Gasteiger partial charge < -0.3 is 15.2 Å². The monoisotopic (exact) mass is 258 g/mol. The zero-order chi connectivity index (χ0) is 12.9. The standard InChI is InChI=1S/C14H18N4O/c1-2-4-12-11(3-1)9-15-7-5-13(12)16-8-6-14-17-10-18-19-14/h1-4,10,13,15-16H,5-9H2. The average Bonchev–Trinajstić information content (AvgIpc) is 2.87. The van der Waals surface area contributed by atoms with E-state index in [2.05, 4.69) is 45.0 Å². The van der Waals surface area contributed by atoms with E-state index in [1.165, 1.54) is 17.5 Å². The number of hydrogen-bond donors (Lipinski definition) is 2. The molecule has 0 bridgehead atoms. The summed E-state index contributed by atoms with van der Waals surface area (Å²) in [5.74, 6) is 0.688. The van der Waals surface area contributed by atoms with Gasteiger partial charge in [0.25, 0.3) is 0 Å². The van der Waals surface area contributed by atoms with Crippen LogP contribution in [-0.2, 0) is 13.0 Å². The zero-order valence-corrected chi connectivity index (χ0v) is 10.8. The minimum Gasteiger partial charge on any atom is -0.340 e. The van der Waals surface area contributed by atoms with E-state index in [0.717, 1.165) is 32.5 Å². The lowest BCUT2D eigenvalue weighted by atomic mass is 9.99. The van der Waals surface area contributed by atoms with Gasteiger partial charge in [-0.2, -0.15) is 4.98 Å². The van der Waals surface area contributed by atoms with Gasteiger partial charge in [0.1, 0.15) is 0 Å². The molecule has 1 aliphatic rings. The fourth-order valence-corrected chi connectivity index (χ4v) is 2.53. The number of nitrogens with zero attached hydrogens (tertiary/aromatic N) is 2. The Morgan fingerprint density at radius 1 is 1.37 bits per heavy atom. The third-order valence-corrected chi connectivity index (χ3v) is 3.49. The van der Waals surface area contributed by atoms with Crippen LogP contribution < -0.4 is 10.6 Å². The third kappa shape index (κ3) is 3.00. The summed E-state index contributed by atoms with van der Waals surface area (Å²) in [7, 11) is 0. The van der Waals surface area contributed by atoms with Crippen molar-refractivity contribution in [1.29, 1.82) is 0 Å². The maximum absolute atomic E-state index is 5.00. The lowest BCUT2D eigenvalue weighted by Crippen LogP contribution is -2.25. The summed E-state index contributed by atoms with van der Waals surface area (Å²) in [6.45, 7) is 2.84. The number of fused-ring (bicyclic) bond motifs is 1. The fourth-order valence-electron chi connectivity index (χ4n) is 2.53. The average molecular weight is 258 g/mol. The maximum atomic E-state index is 5.00. The van der Waals surface area contributed by atoms with E-state index in [9.17, 15) is 0 Å². The zero-order valence-electron chi connectivity index (χ0n) is 10.8. The first-order valence-corrected chi connectivity index (χ1v) is 6.71. The Morgan fingerprint density at radius 2 is 2.32 bits per heavy atom. The summed E-state index contributed by atoms with van der Waals surface area (Å²) in [6, 6.07) is 9.01. The molecule has 5 heteroatoms. The van der Waals surface area contributed by atoms with Crippen LogP contribution in [0.3, 0.4) is 0 Å². The van der Waals surface area contributed by atoms with E-state index in [0.29, 0.717) is 11.9 Å². The molecule has 2 aromatic rings. The Balaban J connectivity index is 1.63. The lowest BCUT2D eigenvalue weighted by Gasteiger charge is -2.18. The molecule has 2 heterocycles. The van der Waals surface area contributed by atoms with E-state index < -0.39 is 0 Å². The van der Waals surface area contributed by atoms with Crippen LogP contribution in [0.15, 0.2) is 35.1 Å². The smallest absolute Gasteiger partial charge is 0.227 e. The van der Waals surface area contributed by atoms with Crippen molar-refractivity contribution < 1.29 is 4.52 Å². The number of rotatable bonds is 4. The number of hydrogen-bond acceptors (Lipinski definition) is 5. The van der Waals surface area contributed by atoms with Crippen LogP contribution in [0, 0.1) is 0 Å². The summed E-state index contributed by atoms with van der Waals surface area (Å²) in [5.41, 5.74) is 2.79. The summed E-state index contributed by atoms with van der Waals surface area (Å²) in [4.78, 5) is 4.03. The van der Waals surface area contributed by atoms with Gasteiger partial charge in [0.2, 0.25) is 5.89 Å². The van der Waals surface area contributed by atoms with Crippen LogP contribution >= 0.6 is 0 Å². The molecule has 0 saturated carbocycles. The number of benzene rings is 1. The normalized spacial score (nSPS) is 18.8. The third-order valence-electron chi connectivity index (χ3n) is 3.49. The van der Waals surface area contributed by atoms with Crippen molar-refractivity contribution in [2.75, 3.05) is 13.1 Å². The molecule has 1 aromatic heterocycles. The van der Waals surface area contributed by atoms with Crippen molar-refractivity contribution in [2.45, 2.75) is 25.4 Å². The van der Waals surface area contributed by atoms with Crippen molar-refractivity contribution in [1.82, 2.24) is 20.8 Å². The predicted octanol–water partition coefficient (Wildman–Crippen LogP) is 1.44. The topological polar surface area (TPSA) is 63.0 Å². The Hall–Kier alpha value is -1.72. The van der Waals surface area contributed by atoms with Gasteiger partial charge in [-0.05, 0) is 24.1 Å². The molecule has 5 nitrogen and oxygen atoms in total. The van der Waals surface area contributed by atoms with Crippen LogP contribution in [-0.4, -0.2) is 23.2 Å². The lowest BCUT2D eigenvalue weighted by molar-refractivity contribution is 0.370. The second-order valence-electron chi connectivity index (χ2n) is 4.76. The van der Waals surface area contributed by atoms with Gasteiger partial charge in [-0.3, -0.25) is 0 Å². The van der Waals surface area contributed by atoms with Crippen molar-refractivity contribution in [3.05, 3.63) is 47.6 Å². The molecule has 1 atom stereocenters. The van der Waals surface area contributed by atoms with Crippen molar-refractivity contribution in [3.63, 3.8) is 0 Å². The number of nitrogens with one attached hydrogen (secondary N) is 2. The second-order valence-corrected chi connectivity index (χ2v) is 4.76. The van der Waals surface area contributed by atoms with Crippen molar-refractivity contribution >= 4 is 0 Å². The van der Waals surface area contributed by atoms with E-state index in [1.807, 2.05) is 0 Å². The van der Waals surface area contributed by atoms with Crippen LogP contribution in [0.4, 0.5) is 0 Å². The SMILES string of the molecule is c1ccc2c(c1)CNCCC2NCCc1ncno1. The Labute approximate surface area is 112 Å². The summed E-state index contributed by atoms with van der Waals surface area (Å²) in [6.07, 6.45) is 3.31. The van der Waals surface area contributed by atoms with Gasteiger partial charge in [-0.15, -0.1) is 0 Å². The summed E-state index contributed by atoms with van der Waals surface area (Å²) < 4.78 is 5.00. The molecule has 1 aliphatic heterocycles. The van der Waals surface area contributed by atoms with E-state index in [-0.39, 0.29) is 0 Å². The van der Waals surface area contributed by atoms with Crippen LogP contribution in [0.5, 0.6) is 0 Å². The van der Waals surface area contributed by atoms with Gasteiger partial charge in [-0.25, -0.2) is 0 Å². The van der Waals surface area contributed by atoms with E-state index >= 15 is 0 Å². The molecule has 100 valence electrons. The Bertz CT molecular complexity index is 512. The molecular weight excluding hydrogens is 240 g/mol. The summed E-state index contributed by atoms with van der Waals surface area (Å²) >= 11 is 0. The van der Waals surface area contributed by atoms with E-state index in [4.69, 9.17) is 4.52 Å². The fraction of sp³-hybridized carbons (Fsp3) is 0.429. The first-order valence-electron chi connectivity index (χ1n) is 6.71. The highest BCUT2D eigenvalue weighted by atomic mass is 16.5. The van der Waals surface area contributed by atoms with Gasteiger partial charge in [-0.1, -0.05) is 29.4 Å². The van der Waals surface area contributed by atoms with Crippen LogP contribution in [0.1, 0.15) is 29.5 Å². The number of aromatic nitrogens is 2. The molecule has 0 fully saturated rings. The van der Waals surface area contributed by atoms with Crippen LogP contribution in [0.2, 0.25) is 0 Å². The van der Waals surface area contributed by atoms with Crippen molar-refractivity contribution in [3.8, 4) is 0 Å². The first kappa shape index (κ1) is 12.3. The molecular formula is C14H18N4O. The Kier molecular flexibility index (Phi) is 3.86. The predicted molar refractivity (Wildman–Crippen MR) is 71.5 cm³/mol. The van der Waals surface area contributed by atoms with Gasteiger partial charge in [0.05, 0.1) is 0 Å². The molecule has 1 unspecified atom stereocenters. The molecule has 0 spiro atoms. The summed E-state index contributed by atoms with van der Waals surface area (Å²) in [5, 5.41) is 10.7. The van der Waals surface area contributed by atoms with Gasteiger partial charge >= 0.3 is 0 Å². The highest BCUT2D eigenvalue weighted by molar-refractivity contribution is 5.30. The maximum Gasteiger partial charge on any atom is 0.227 e. The molecule has 0 aliphatic carbocycles. The highest BCUT2D eigenvalue weighted by Gasteiger charge is 2.17. The quantitative estimate of drug-likeness (QED) is 0.868. The highest BCUT2D eigenvalue weighted by Crippen LogP contribution is 2.23. The largest absolute Gasteiger partial charge is 0.340 e. The van der Waals surface area contributed by atoms with Crippen molar-refractivity contribution in [2.24, 2.45) is 0 Å². The van der Waals surface area contributed by atoms with E-state index in [1.54, 1.807) is 0 Å². The first-order chi connectivity index (χ1) is 9.43.